The van der Waals surface area contributed by atoms with Crippen LogP contribution in [0.1, 0.15) is 62.1 Å². The molecule has 15 nitrogen and oxygen atoms in total. The van der Waals surface area contributed by atoms with Crippen LogP contribution in [0.25, 0.3) is 44.9 Å². The van der Waals surface area contributed by atoms with Gasteiger partial charge in [-0.1, -0.05) is 70.2 Å². The second-order valence-corrected chi connectivity index (χ2v) is 17.0. The number of fused-ring (bicyclic) bond motifs is 7. The minimum atomic E-state index is -4.82. The molecule has 1 spiro atoms. The van der Waals surface area contributed by atoms with Crippen molar-refractivity contribution in [2.45, 2.75) is 63.9 Å². The molecule has 6 aromatic rings. The van der Waals surface area contributed by atoms with E-state index >= 15 is 0 Å². The van der Waals surface area contributed by atoms with E-state index in [-0.39, 0.29) is 41.5 Å². The lowest BCUT2D eigenvalue weighted by atomic mass is 9.72. The predicted octanol–water partition coefficient (Wildman–Crippen LogP) is 5.22. The number of ether oxygens (including phenoxy) is 1. The standard InChI is InChI=1S/C40H37N6O9P/c1-17(2)30-38-44-32-34(55-38)40-23-9-5-8-21(20-7-6-10-26-29(20)22(16-46(26)56(50,51)52)28-15-41-37(32)53-28)31(23)45-39(40)54-27-12-11-19(13-24(27)40)14-25(35(48)43-30)42-36(49)33(47)18(3)4/h5-13,15-18,25,30,33,39,45,47H,14H2,1-4H3,(H,42,49)(H,43,48)(H2,50,51,52)/t25?,30?,33-,39?,40-/m0/s1. The van der Waals surface area contributed by atoms with Crippen molar-refractivity contribution in [1.82, 2.24) is 24.9 Å². The van der Waals surface area contributed by atoms with E-state index in [2.05, 4.69) is 16.0 Å². The molecular weight excluding hydrogens is 739 g/mol. The van der Waals surface area contributed by atoms with Crippen LogP contribution in [0.3, 0.4) is 0 Å². The van der Waals surface area contributed by atoms with Crippen LogP contribution in [-0.4, -0.2) is 59.4 Å². The number of anilines is 1. The number of aliphatic hydroxyl groups is 1. The second kappa shape index (κ2) is 11.9. The van der Waals surface area contributed by atoms with Crippen LogP contribution in [0.2, 0.25) is 0 Å². The number of aromatic nitrogens is 3. The summed E-state index contributed by atoms with van der Waals surface area (Å²) < 4.78 is 34.0. The molecule has 3 unspecified atom stereocenters. The summed E-state index contributed by atoms with van der Waals surface area (Å²) in [5.74, 6) is -0.349. The zero-order valence-electron chi connectivity index (χ0n) is 30.6. The van der Waals surface area contributed by atoms with E-state index in [1.807, 2.05) is 56.3 Å². The van der Waals surface area contributed by atoms with Gasteiger partial charge in [0.1, 0.15) is 29.4 Å². The fourth-order valence-corrected chi connectivity index (χ4v) is 9.42. The molecule has 4 aliphatic heterocycles. The monoisotopic (exact) mass is 776 g/mol. The third-order valence-corrected chi connectivity index (χ3v) is 12.3. The van der Waals surface area contributed by atoms with E-state index in [9.17, 15) is 29.0 Å². The Morgan fingerprint density at radius 1 is 1.02 bits per heavy atom. The number of nitrogens with zero attached hydrogens (tertiary/aromatic N) is 3. The summed E-state index contributed by atoms with van der Waals surface area (Å²) in [6, 6.07) is 14.9. The topological polar surface area (TPSA) is 214 Å². The number of carbonyl (C=O) groups excluding carboxylic acids is 2. The first-order valence-electron chi connectivity index (χ1n) is 18.4. The zero-order chi connectivity index (χ0) is 39.0. The normalized spacial score (nSPS) is 22.2. The highest BCUT2D eigenvalue weighted by Gasteiger charge is 2.61. The average Bonchev–Trinajstić information content (AvgIpc) is 3.98. The van der Waals surface area contributed by atoms with Crippen LogP contribution >= 0.6 is 7.75 Å². The first kappa shape index (κ1) is 34.7. The third-order valence-electron chi connectivity index (χ3n) is 11.4. The van der Waals surface area contributed by atoms with Gasteiger partial charge in [0, 0.05) is 45.9 Å². The predicted molar refractivity (Wildman–Crippen MR) is 202 cm³/mol. The molecule has 0 fully saturated rings. The molecular formula is C40H37N6O9P. The van der Waals surface area contributed by atoms with Crippen LogP contribution in [0.4, 0.5) is 5.69 Å². The molecule has 6 N–H and O–H groups in total. The first-order valence-corrected chi connectivity index (χ1v) is 20.0. The fraction of sp³-hybridized carbons (Fsp3) is 0.300. The number of aliphatic hydroxyl groups excluding tert-OH is 1. The second-order valence-electron chi connectivity index (χ2n) is 15.6. The summed E-state index contributed by atoms with van der Waals surface area (Å²) >= 11 is 0. The number of rotatable bonds is 5. The van der Waals surface area contributed by atoms with Crippen molar-refractivity contribution >= 4 is 36.2 Å². The van der Waals surface area contributed by atoms with Gasteiger partial charge in [-0.05, 0) is 35.1 Å². The maximum atomic E-state index is 14.2. The molecule has 10 rings (SSSR count). The smallest absolute Gasteiger partial charge is 0.434 e. The largest absolute Gasteiger partial charge is 0.469 e. The van der Waals surface area contributed by atoms with Gasteiger partial charge in [-0.2, -0.15) is 0 Å². The van der Waals surface area contributed by atoms with Crippen molar-refractivity contribution < 1.29 is 42.6 Å². The SMILES string of the molecule is CC(C)C1NC(=O)C(NC(=O)[C@@H](O)C(C)C)Cc2ccc3c(c2)[C@]24c5cccc(c5NC2O3)-c2cccc3c2c(cn3P(=O)(O)O)-c2cnc(o2)-c2nc1oc24. The number of carbonyl (C=O) groups is 2. The molecule has 4 aliphatic rings. The fourth-order valence-electron chi connectivity index (χ4n) is 8.71. The maximum Gasteiger partial charge on any atom is 0.434 e. The Labute approximate surface area is 319 Å². The quantitative estimate of drug-likeness (QED) is 0.124. The summed E-state index contributed by atoms with van der Waals surface area (Å²) in [7, 11) is -4.82. The lowest BCUT2D eigenvalue weighted by Crippen LogP contribution is -2.52. The van der Waals surface area contributed by atoms with Crippen molar-refractivity contribution in [3.8, 4) is 39.8 Å². The number of hydrogen-bond donors (Lipinski definition) is 6. The Balaban J connectivity index is 1.29. The summed E-state index contributed by atoms with van der Waals surface area (Å²) in [6.07, 6.45) is 0.884. The van der Waals surface area contributed by atoms with Crippen LogP contribution in [-0.2, 0) is 26.0 Å². The van der Waals surface area contributed by atoms with Gasteiger partial charge in [-0.15, -0.1) is 0 Å². The van der Waals surface area contributed by atoms with Crippen molar-refractivity contribution in [3.05, 3.63) is 95.3 Å². The Morgan fingerprint density at radius 2 is 1.80 bits per heavy atom. The molecule has 0 aliphatic carbocycles. The number of nitrogens with one attached hydrogen (secondary N) is 3. The van der Waals surface area contributed by atoms with E-state index < -0.39 is 49.4 Å². The molecule has 0 saturated carbocycles. The number of amides is 2. The summed E-state index contributed by atoms with van der Waals surface area (Å²) in [4.78, 5) is 58.1. The Hall–Kier alpha value is -5.73. The Bertz CT molecular complexity index is 2710. The van der Waals surface area contributed by atoms with Crippen molar-refractivity contribution in [3.63, 3.8) is 0 Å². The highest BCUT2D eigenvalue weighted by atomic mass is 31.2. The van der Waals surface area contributed by atoms with E-state index in [0.29, 0.717) is 39.1 Å². The summed E-state index contributed by atoms with van der Waals surface area (Å²) in [5.41, 5.74) is 4.14. The van der Waals surface area contributed by atoms with Crippen molar-refractivity contribution in [2.24, 2.45) is 11.8 Å². The number of hydrogen-bond acceptors (Lipinski definition) is 10. The Morgan fingerprint density at radius 3 is 2.57 bits per heavy atom. The number of benzene rings is 3. The molecule has 16 heteroatoms. The van der Waals surface area contributed by atoms with Gasteiger partial charge in [0.05, 0.1) is 11.7 Å². The van der Waals surface area contributed by atoms with Gasteiger partial charge in [-0.3, -0.25) is 13.9 Å². The van der Waals surface area contributed by atoms with Gasteiger partial charge in [-0.25, -0.2) is 14.5 Å². The summed E-state index contributed by atoms with van der Waals surface area (Å²) in [6.45, 7) is 7.27. The highest BCUT2D eigenvalue weighted by Crippen LogP contribution is 2.61. The molecule has 286 valence electrons. The number of para-hydroxylation sites is 1. The molecule has 0 radical (unpaired) electrons. The van der Waals surface area contributed by atoms with E-state index in [0.717, 1.165) is 26.7 Å². The van der Waals surface area contributed by atoms with Crippen molar-refractivity contribution in [2.75, 3.05) is 5.32 Å². The summed E-state index contributed by atoms with van der Waals surface area (Å²) in [5, 5.41) is 20.7. The molecule has 5 atom stereocenters. The lowest BCUT2D eigenvalue weighted by molar-refractivity contribution is -0.135. The minimum Gasteiger partial charge on any atom is -0.469 e. The third kappa shape index (κ3) is 4.78. The van der Waals surface area contributed by atoms with Crippen molar-refractivity contribution in [1.29, 1.82) is 0 Å². The molecule has 7 heterocycles. The van der Waals surface area contributed by atoms with Gasteiger partial charge in [0.2, 0.25) is 23.6 Å². The van der Waals surface area contributed by atoms with Crippen LogP contribution in [0, 0.1) is 11.8 Å². The van der Waals surface area contributed by atoms with E-state index in [1.54, 1.807) is 26.0 Å². The first-order chi connectivity index (χ1) is 26.7. The average molecular weight is 777 g/mol. The van der Waals surface area contributed by atoms with Gasteiger partial charge in [0.25, 0.3) is 0 Å². The maximum absolute atomic E-state index is 14.2. The number of oxazole rings is 2. The zero-order valence-corrected chi connectivity index (χ0v) is 31.5. The minimum absolute atomic E-state index is 0.0824. The molecule has 3 aromatic heterocycles. The van der Waals surface area contributed by atoms with Gasteiger partial charge in [0.15, 0.2) is 23.4 Å². The lowest BCUT2D eigenvalue weighted by Gasteiger charge is -2.29. The van der Waals surface area contributed by atoms with Crippen LogP contribution < -0.4 is 20.7 Å². The molecule has 10 bridgehead atoms. The van der Waals surface area contributed by atoms with Crippen LogP contribution in [0.15, 0.2) is 75.8 Å². The molecule has 56 heavy (non-hydrogen) atoms. The van der Waals surface area contributed by atoms with Crippen LogP contribution in [0.5, 0.6) is 5.75 Å². The van der Waals surface area contributed by atoms with E-state index in [1.165, 1.54) is 12.4 Å². The molecule has 0 saturated heterocycles. The van der Waals surface area contributed by atoms with E-state index in [4.69, 9.17) is 23.5 Å². The van der Waals surface area contributed by atoms with Gasteiger partial charge >= 0.3 is 7.75 Å². The Kier molecular flexibility index (Phi) is 7.37. The van der Waals surface area contributed by atoms with Gasteiger partial charge < -0.3 is 44.4 Å². The molecule has 3 aromatic carbocycles. The highest BCUT2D eigenvalue weighted by molar-refractivity contribution is 7.50. The molecule has 2 amide bonds.